The third kappa shape index (κ3) is 4.65. The average molecular weight is 343 g/mol. The molecule has 138 valence electrons. The molecular weight excluding hydrogens is 308 g/mol. The van der Waals surface area contributed by atoms with Crippen LogP contribution in [-0.2, 0) is 0 Å². The van der Waals surface area contributed by atoms with Gasteiger partial charge in [-0.1, -0.05) is 75.4 Å². The highest BCUT2D eigenvalue weighted by Crippen LogP contribution is 2.37. The lowest BCUT2D eigenvalue weighted by molar-refractivity contribution is 0.161. The number of hydrogen-bond acceptors (Lipinski definition) is 1. The molecule has 0 N–H and O–H groups in total. The summed E-state index contributed by atoms with van der Waals surface area (Å²) >= 11 is 0. The fourth-order valence-corrected chi connectivity index (χ4v) is 3.94. The van der Waals surface area contributed by atoms with E-state index < -0.39 is 0 Å². The Morgan fingerprint density at radius 2 is 1.84 bits per heavy atom. The Hall–Kier alpha value is -1.77. The Morgan fingerprint density at radius 1 is 1.16 bits per heavy atom. The lowest BCUT2D eigenvalue weighted by Crippen LogP contribution is -2.39. The van der Waals surface area contributed by atoms with Crippen LogP contribution in [0.1, 0.15) is 70.4 Å². The molecular formula is C22H34N2O. The highest BCUT2D eigenvalue weighted by atomic mass is 16.2. The van der Waals surface area contributed by atoms with Crippen LogP contribution in [0.3, 0.4) is 0 Å². The molecule has 1 aromatic rings. The quantitative estimate of drug-likeness (QED) is 0.390. The van der Waals surface area contributed by atoms with Crippen LogP contribution in [0.5, 0.6) is 0 Å². The van der Waals surface area contributed by atoms with Crippen LogP contribution in [0.2, 0.25) is 0 Å². The summed E-state index contributed by atoms with van der Waals surface area (Å²) in [5, 5.41) is 0. The van der Waals surface area contributed by atoms with Gasteiger partial charge in [0.2, 0.25) is 0 Å². The number of carbonyl (C=O) groups excluding carboxylic acids is 1. The fourth-order valence-electron chi connectivity index (χ4n) is 3.94. The molecule has 3 atom stereocenters. The SMILES string of the molecule is C=CC[C@@H](CCCCCCC)N1C(=O)N(C)[C@H](C)[C@@H]1c1ccccc1. The topological polar surface area (TPSA) is 23.6 Å². The molecule has 3 heteroatoms. The van der Waals surface area contributed by atoms with Gasteiger partial charge < -0.3 is 9.80 Å². The first-order valence-corrected chi connectivity index (χ1v) is 9.82. The summed E-state index contributed by atoms with van der Waals surface area (Å²) < 4.78 is 0. The van der Waals surface area contributed by atoms with E-state index in [-0.39, 0.29) is 24.2 Å². The lowest BCUT2D eigenvalue weighted by Gasteiger charge is -2.33. The number of benzene rings is 1. The molecule has 3 nitrogen and oxygen atoms in total. The van der Waals surface area contributed by atoms with Crippen molar-refractivity contribution in [2.24, 2.45) is 0 Å². The molecule has 1 aliphatic rings. The van der Waals surface area contributed by atoms with Gasteiger partial charge in [0, 0.05) is 13.1 Å². The molecule has 0 bridgehead atoms. The van der Waals surface area contributed by atoms with Crippen LogP contribution < -0.4 is 0 Å². The van der Waals surface area contributed by atoms with Gasteiger partial charge in [0.15, 0.2) is 0 Å². The van der Waals surface area contributed by atoms with Crippen LogP contribution >= 0.6 is 0 Å². The molecule has 1 heterocycles. The number of urea groups is 1. The Labute approximate surface area is 153 Å². The van der Waals surface area contributed by atoms with Crippen molar-refractivity contribution in [3.05, 3.63) is 48.6 Å². The Balaban J connectivity index is 2.16. The maximum atomic E-state index is 13.0. The minimum Gasteiger partial charge on any atom is -0.323 e. The maximum Gasteiger partial charge on any atom is 0.320 e. The van der Waals surface area contributed by atoms with E-state index in [0.29, 0.717) is 0 Å². The number of likely N-dealkylation sites (N-methyl/N-ethyl adjacent to an activating group) is 1. The second kappa shape index (κ2) is 9.65. The van der Waals surface area contributed by atoms with E-state index in [2.05, 4.69) is 49.6 Å². The summed E-state index contributed by atoms with van der Waals surface area (Å²) in [6, 6.07) is 11.2. The van der Waals surface area contributed by atoms with Crippen LogP contribution in [0.25, 0.3) is 0 Å². The first kappa shape index (κ1) is 19.6. The number of nitrogens with zero attached hydrogens (tertiary/aromatic N) is 2. The minimum absolute atomic E-state index is 0.124. The third-order valence-corrected chi connectivity index (χ3v) is 5.50. The van der Waals surface area contributed by atoms with Gasteiger partial charge in [-0.25, -0.2) is 4.79 Å². The second-order valence-corrected chi connectivity index (χ2v) is 7.28. The molecule has 1 saturated heterocycles. The molecule has 2 rings (SSSR count). The molecule has 0 aromatic heterocycles. The predicted octanol–water partition coefficient (Wildman–Crippen LogP) is 5.79. The lowest BCUT2D eigenvalue weighted by atomic mass is 9.96. The zero-order valence-corrected chi connectivity index (χ0v) is 16.2. The Morgan fingerprint density at radius 3 is 2.48 bits per heavy atom. The van der Waals surface area contributed by atoms with Crippen molar-refractivity contribution >= 4 is 6.03 Å². The molecule has 1 fully saturated rings. The normalized spacial score (nSPS) is 21.6. The summed E-state index contributed by atoms with van der Waals surface area (Å²) in [5.74, 6) is 0. The van der Waals surface area contributed by atoms with Gasteiger partial charge in [-0.05, 0) is 25.3 Å². The van der Waals surface area contributed by atoms with Crippen LogP contribution in [0, 0.1) is 0 Å². The number of carbonyl (C=O) groups is 1. The minimum atomic E-state index is 0.124. The van der Waals surface area contributed by atoms with Gasteiger partial charge in [-0.3, -0.25) is 0 Å². The average Bonchev–Trinajstić information content (AvgIpc) is 2.85. The van der Waals surface area contributed by atoms with Gasteiger partial charge in [-0.2, -0.15) is 0 Å². The van der Waals surface area contributed by atoms with E-state index in [1.165, 1.54) is 37.7 Å². The second-order valence-electron chi connectivity index (χ2n) is 7.28. The molecule has 0 saturated carbocycles. The number of hydrogen-bond donors (Lipinski definition) is 0. The molecule has 1 aliphatic heterocycles. The van der Waals surface area contributed by atoms with Gasteiger partial charge in [0.1, 0.15) is 0 Å². The monoisotopic (exact) mass is 342 g/mol. The van der Waals surface area contributed by atoms with Crippen molar-refractivity contribution in [1.82, 2.24) is 9.80 Å². The van der Waals surface area contributed by atoms with Crippen molar-refractivity contribution in [2.45, 2.75) is 76.9 Å². The highest BCUT2D eigenvalue weighted by Gasteiger charge is 2.44. The number of rotatable bonds is 10. The van der Waals surface area contributed by atoms with Crippen molar-refractivity contribution in [3.63, 3.8) is 0 Å². The largest absolute Gasteiger partial charge is 0.323 e. The van der Waals surface area contributed by atoms with Gasteiger partial charge >= 0.3 is 6.03 Å². The first-order chi connectivity index (χ1) is 12.1. The molecule has 25 heavy (non-hydrogen) atoms. The van der Waals surface area contributed by atoms with Crippen LogP contribution in [0.4, 0.5) is 4.79 Å². The van der Waals surface area contributed by atoms with Gasteiger partial charge in [-0.15, -0.1) is 6.58 Å². The first-order valence-electron chi connectivity index (χ1n) is 9.82. The molecule has 1 aromatic carbocycles. The van der Waals surface area contributed by atoms with Crippen LogP contribution in [0.15, 0.2) is 43.0 Å². The summed E-state index contributed by atoms with van der Waals surface area (Å²) in [7, 11) is 1.93. The van der Waals surface area contributed by atoms with E-state index in [1.807, 2.05) is 24.1 Å². The van der Waals surface area contributed by atoms with E-state index in [9.17, 15) is 4.79 Å². The standard InChI is InChI=1S/C22H34N2O/c1-5-7-8-9-13-17-20(14-6-2)24-21(18(3)23(4)22(24)25)19-15-11-10-12-16-19/h6,10-12,15-16,18,20-21H,2,5,7-9,13-14,17H2,1,3-4H3/t18-,20+,21-/m1/s1. The van der Waals surface area contributed by atoms with Crippen molar-refractivity contribution in [2.75, 3.05) is 7.05 Å². The van der Waals surface area contributed by atoms with Crippen molar-refractivity contribution < 1.29 is 4.79 Å². The zero-order valence-electron chi connectivity index (χ0n) is 16.2. The van der Waals surface area contributed by atoms with E-state index in [0.717, 1.165) is 12.8 Å². The molecule has 2 amide bonds. The van der Waals surface area contributed by atoms with E-state index >= 15 is 0 Å². The predicted molar refractivity (Wildman–Crippen MR) is 106 cm³/mol. The molecule has 0 spiro atoms. The van der Waals surface area contributed by atoms with Crippen molar-refractivity contribution in [1.29, 1.82) is 0 Å². The van der Waals surface area contributed by atoms with Crippen LogP contribution in [-0.4, -0.2) is 35.0 Å². The van der Waals surface area contributed by atoms with Crippen molar-refractivity contribution in [3.8, 4) is 0 Å². The van der Waals surface area contributed by atoms with E-state index in [4.69, 9.17) is 0 Å². The number of amides is 2. The molecule has 0 radical (unpaired) electrons. The third-order valence-electron chi connectivity index (χ3n) is 5.50. The Kier molecular flexibility index (Phi) is 7.54. The molecule has 0 unspecified atom stereocenters. The molecule has 0 aliphatic carbocycles. The highest BCUT2D eigenvalue weighted by molar-refractivity contribution is 5.78. The number of unbranched alkanes of at least 4 members (excludes halogenated alkanes) is 4. The zero-order chi connectivity index (χ0) is 18.2. The van der Waals surface area contributed by atoms with Gasteiger partial charge in [0.25, 0.3) is 0 Å². The van der Waals surface area contributed by atoms with E-state index in [1.54, 1.807) is 0 Å². The fraction of sp³-hybridized carbons (Fsp3) is 0.591. The summed E-state index contributed by atoms with van der Waals surface area (Å²) in [6.07, 6.45) is 10.2. The Bertz CT molecular complexity index is 542. The summed E-state index contributed by atoms with van der Waals surface area (Å²) in [4.78, 5) is 17.0. The smallest absolute Gasteiger partial charge is 0.320 e. The maximum absolute atomic E-state index is 13.0. The van der Waals surface area contributed by atoms with Gasteiger partial charge in [0.05, 0.1) is 12.1 Å². The summed E-state index contributed by atoms with van der Waals surface area (Å²) in [6.45, 7) is 8.33. The summed E-state index contributed by atoms with van der Waals surface area (Å²) in [5.41, 5.74) is 1.23.